The molecule has 0 aliphatic heterocycles. The van der Waals surface area contributed by atoms with Crippen LogP contribution in [-0.4, -0.2) is 42.5 Å². The molecular formula is C18H36NaO3S. The molecule has 0 bridgehead atoms. The first-order valence-corrected chi connectivity index (χ1v) is 10.7. The van der Waals surface area contributed by atoms with Crippen LogP contribution in [0.3, 0.4) is 0 Å². The number of hydrogen-bond acceptors (Lipinski definition) is 2. The van der Waals surface area contributed by atoms with Crippen molar-refractivity contribution in [1.29, 1.82) is 0 Å². The van der Waals surface area contributed by atoms with Crippen molar-refractivity contribution in [2.24, 2.45) is 0 Å². The smallest absolute Gasteiger partial charge is 0.282 e. The minimum atomic E-state index is -3.92. The molecule has 0 rings (SSSR count). The first-order chi connectivity index (χ1) is 10.6. The van der Waals surface area contributed by atoms with Gasteiger partial charge in [0.05, 0.1) is 5.41 Å². The van der Waals surface area contributed by atoms with Gasteiger partial charge in [-0.25, -0.2) is 0 Å². The van der Waals surface area contributed by atoms with Crippen LogP contribution in [0, 0.1) is 0 Å². The summed E-state index contributed by atoms with van der Waals surface area (Å²) < 4.78 is 29.4. The van der Waals surface area contributed by atoms with E-state index >= 15 is 0 Å². The van der Waals surface area contributed by atoms with Gasteiger partial charge in [-0.3, -0.25) is 4.55 Å². The van der Waals surface area contributed by atoms with Crippen molar-refractivity contribution in [2.75, 3.05) is 0 Å². The van der Waals surface area contributed by atoms with Crippen LogP contribution >= 0.6 is 0 Å². The van der Waals surface area contributed by atoms with Crippen molar-refractivity contribution in [3.63, 3.8) is 0 Å². The Kier molecular flexibility index (Phi) is 21.4. The standard InChI is InChI=1S/C18H36O3S.Na/c1-2-3-4-5-6-7-8-9-10-11-12-13-14-15-16-17-18-22(19,20)21;/h17-18H,2-16H2,1H3,(H,19,20,21);. The molecule has 1 N–H and O–H groups in total. The molecule has 0 saturated heterocycles. The van der Waals surface area contributed by atoms with Crippen molar-refractivity contribution < 1.29 is 13.0 Å². The number of unbranched alkanes of at least 4 members (excludes halogenated alkanes) is 14. The van der Waals surface area contributed by atoms with Gasteiger partial charge >= 0.3 is 0 Å². The molecule has 0 saturated carbocycles. The average Bonchev–Trinajstić information content (AvgIpc) is 2.45. The van der Waals surface area contributed by atoms with Crippen LogP contribution in [0.25, 0.3) is 0 Å². The molecule has 0 aromatic carbocycles. The van der Waals surface area contributed by atoms with E-state index in [1.165, 1.54) is 83.1 Å². The fraction of sp³-hybridized carbons (Fsp3) is 0.889. The second-order valence-corrected chi connectivity index (χ2v) is 7.57. The first-order valence-electron chi connectivity index (χ1n) is 9.20. The molecule has 0 fully saturated rings. The van der Waals surface area contributed by atoms with E-state index in [1.54, 1.807) is 0 Å². The van der Waals surface area contributed by atoms with Crippen LogP contribution in [0.2, 0.25) is 0 Å². The van der Waals surface area contributed by atoms with E-state index in [-0.39, 0.29) is 29.6 Å². The van der Waals surface area contributed by atoms with Gasteiger partial charge in [-0.05, 0) is 12.8 Å². The van der Waals surface area contributed by atoms with Gasteiger partial charge in [-0.2, -0.15) is 8.42 Å². The third-order valence-corrected chi connectivity index (χ3v) is 4.53. The van der Waals surface area contributed by atoms with Crippen LogP contribution in [0.1, 0.15) is 103 Å². The summed E-state index contributed by atoms with van der Waals surface area (Å²) in [6, 6.07) is 0. The largest absolute Gasteiger partial charge is 0.287 e. The molecule has 0 heterocycles. The van der Waals surface area contributed by atoms with Gasteiger partial charge in [0.25, 0.3) is 10.1 Å². The van der Waals surface area contributed by atoms with Crippen LogP contribution in [0.5, 0.6) is 0 Å². The molecule has 5 heteroatoms. The second-order valence-electron chi connectivity index (χ2n) is 6.27. The Morgan fingerprint density at radius 2 is 1.04 bits per heavy atom. The summed E-state index contributed by atoms with van der Waals surface area (Å²) in [5.74, 6) is 0. The molecule has 0 unspecified atom stereocenters. The predicted molar refractivity (Wildman–Crippen MR) is 101 cm³/mol. The van der Waals surface area contributed by atoms with E-state index in [0.29, 0.717) is 0 Å². The van der Waals surface area contributed by atoms with E-state index in [1.807, 2.05) is 0 Å². The number of hydrogen-bond donors (Lipinski definition) is 1. The van der Waals surface area contributed by atoms with E-state index in [2.05, 4.69) is 6.92 Å². The molecule has 133 valence electrons. The maximum Gasteiger partial charge on any atom is 0.287 e. The number of allylic oxidation sites excluding steroid dienone is 1. The van der Waals surface area contributed by atoms with Gasteiger partial charge in [-0.15, -0.1) is 0 Å². The van der Waals surface area contributed by atoms with E-state index in [0.717, 1.165) is 24.7 Å². The topological polar surface area (TPSA) is 54.4 Å². The molecule has 0 amide bonds. The minimum Gasteiger partial charge on any atom is -0.282 e. The normalized spacial score (nSPS) is 11.7. The molecule has 0 aromatic rings. The van der Waals surface area contributed by atoms with E-state index < -0.39 is 10.1 Å². The summed E-state index contributed by atoms with van der Waals surface area (Å²) in [6.07, 6.45) is 20.8. The molecule has 0 aromatic heterocycles. The van der Waals surface area contributed by atoms with Crippen molar-refractivity contribution in [1.82, 2.24) is 0 Å². The fourth-order valence-corrected chi connectivity index (χ4v) is 3.03. The van der Waals surface area contributed by atoms with Gasteiger partial charge < -0.3 is 0 Å². The van der Waals surface area contributed by atoms with Gasteiger partial charge in [0.15, 0.2) is 0 Å². The minimum absolute atomic E-state index is 0. The maximum atomic E-state index is 10.4. The van der Waals surface area contributed by atoms with Gasteiger partial charge in [0.1, 0.15) is 0 Å². The Morgan fingerprint density at radius 3 is 1.39 bits per heavy atom. The van der Waals surface area contributed by atoms with Gasteiger partial charge in [0.2, 0.25) is 0 Å². The van der Waals surface area contributed by atoms with Crippen LogP contribution in [0.4, 0.5) is 0 Å². The third kappa shape index (κ3) is 25.0. The molecule has 0 atom stereocenters. The monoisotopic (exact) mass is 355 g/mol. The molecule has 0 aliphatic carbocycles. The summed E-state index contributed by atoms with van der Waals surface area (Å²) in [5, 5.41) is 0.884. The second kappa shape index (κ2) is 19.0. The van der Waals surface area contributed by atoms with Crippen molar-refractivity contribution in [3.05, 3.63) is 11.5 Å². The summed E-state index contributed by atoms with van der Waals surface area (Å²) >= 11 is 0. The molecule has 0 spiro atoms. The van der Waals surface area contributed by atoms with Crippen LogP contribution < -0.4 is 0 Å². The summed E-state index contributed by atoms with van der Waals surface area (Å²) in [7, 11) is -3.92. The Hall–Kier alpha value is 0.650. The van der Waals surface area contributed by atoms with Gasteiger partial charge in [-0.1, -0.05) is 96.5 Å². The SMILES string of the molecule is CCCCCCCCCCCCCCCCC=CS(=O)(=O)O.[Na]. The third-order valence-electron chi connectivity index (χ3n) is 3.99. The molecule has 3 nitrogen and oxygen atoms in total. The first kappa shape index (κ1) is 25.9. The maximum absolute atomic E-state index is 10.4. The predicted octanol–water partition coefficient (Wildman–Crippen LogP) is 5.88. The van der Waals surface area contributed by atoms with Crippen molar-refractivity contribution in [3.8, 4) is 0 Å². The number of rotatable bonds is 16. The fourth-order valence-electron chi connectivity index (χ4n) is 2.65. The van der Waals surface area contributed by atoms with Crippen molar-refractivity contribution in [2.45, 2.75) is 103 Å². The zero-order valence-electron chi connectivity index (χ0n) is 15.4. The Morgan fingerprint density at radius 1 is 0.696 bits per heavy atom. The zero-order chi connectivity index (χ0) is 16.5. The Bertz CT molecular complexity index is 353. The van der Waals surface area contributed by atoms with Crippen LogP contribution in [0.15, 0.2) is 11.5 Å². The molecule has 1 radical (unpaired) electrons. The van der Waals surface area contributed by atoms with E-state index in [4.69, 9.17) is 4.55 Å². The molecular weight excluding hydrogens is 319 g/mol. The molecule has 23 heavy (non-hydrogen) atoms. The van der Waals surface area contributed by atoms with Gasteiger partial charge in [0, 0.05) is 29.6 Å². The Labute approximate surface area is 166 Å². The van der Waals surface area contributed by atoms with Crippen molar-refractivity contribution >= 4 is 39.7 Å². The molecule has 0 aliphatic rings. The quantitative estimate of drug-likeness (QED) is 0.214. The van der Waals surface area contributed by atoms with Crippen LogP contribution in [-0.2, 0) is 10.1 Å². The Balaban J connectivity index is 0. The summed E-state index contributed by atoms with van der Waals surface area (Å²) in [6.45, 7) is 2.26. The van der Waals surface area contributed by atoms with E-state index in [9.17, 15) is 8.42 Å². The average molecular weight is 356 g/mol. The zero-order valence-corrected chi connectivity index (χ0v) is 18.2. The summed E-state index contributed by atoms with van der Waals surface area (Å²) in [5.41, 5.74) is 0. The summed E-state index contributed by atoms with van der Waals surface area (Å²) in [4.78, 5) is 0.